The van der Waals surface area contributed by atoms with Gasteiger partial charge in [0.05, 0.1) is 24.5 Å². The van der Waals surface area contributed by atoms with E-state index in [0.29, 0.717) is 5.92 Å². The highest BCUT2D eigenvalue weighted by molar-refractivity contribution is 6.16. The van der Waals surface area contributed by atoms with Crippen LogP contribution in [0.5, 0.6) is 0 Å². The van der Waals surface area contributed by atoms with Crippen molar-refractivity contribution >= 4 is 10.2 Å². The minimum atomic E-state index is -0.178. The molecule has 0 spiro atoms. The molecule has 1 atom stereocenters. The van der Waals surface area contributed by atoms with E-state index >= 15 is 0 Å². The molecule has 1 aliphatic heterocycles. The van der Waals surface area contributed by atoms with Gasteiger partial charge in [-0.1, -0.05) is 13.8 Å². The van der Waals surface area contributed by atoms with E-state index in [1.54, 1.807) is 14.2 Å². The molecule has 0 aliphatic carbocycles. The normalized spacial score (nSPS) is 27.8. The Morgan fingerprint density at radius 1 is 1.25 bits per heavy atom. The highest BCUT2D eigenvalue weighted by Crippen LogP contribution is 2.33. The van der Waals surface area contributed by atoms with E-state index in [1.165, 1.54) is 6.42 Å². The predicted molar refractivity (Wildman–Crippen MR) is 68.4 cm³/mol. The van der Waals surface area contributed by atoms with E-state index < -0.39 is 0 Å². The number of hydrogen-bond acceptors (Lipinski definition) is 3. The molecule has 3 nitrogen and oxygen atoms in total. The summed E-state index contributed by atoms with van der Waals surface area (Å²) in [4.78, 5) is 0. The average molecular weight is 244 g/mol. The average Bonchev–Trinajstić information content (AvgIpc) is 2.25. The Kier molecular flexibility index (Phi) is 4.86. The van der Waals surface area contributed by atoms with Crippen LogP contribution in [0.15, 0.2) is 11.5 Å². The van der Waals surface area contributed by atoms with Gasteiger partial charge in [0.2, 0.25) is 0 Å². The molecule has 16 heavy (non-hydrogen) atoms. The third kappa shape index (κ3) is 2.80. The molecule has 1 saturated heterocycles. The first-order valence-corrected chi connectivity index (χ1v) is 7.01. The van der Waals surface area contributed by atoms with Crippen LogP contribution in [0.1, 0.15) is 33.1 Å². The first kappa shape index (κ1) is 13.6. The summed E-state index contributed by atoms with van der Waals surface area (Å²) in [5, 5.41) is -0.178. The third-order valence-corrected chi connectivity index (χ3v) is 4.36. The lowest BCUT2D eigenvalue weighted by atomic mass is 10.0. The SMILES string of the molecule is COC(=C(OC)C1([SiH3])CCCCO1)C(C)C. The van der Waals surface area contributed by atoms with E-state index in [-0.39, 0.29) is 5.22 Å². The maximum Gasteiger partial charge on any atom is 0.161 e. The topological polar surface area (TPSA) is 27.7 Å². The summed E-state index contributed by atoms with van der Waals surface area (Å²) in [6.45, 7) is 5.07. The van der Waals surface area contributed by atoms with Crippen molar-refractivity contribution in [2.45, 2.75) is 38.3 Å². The van der Waals surface area contributed by atoms with Crippen LogP contribution >= 0.6 is 0 Å². The highest BCUT2D eigenvalue weighted by atomic mass is 28.1. The van der Waals surface area contributed by atoms with Crippen molar-refractivity contribution in [2.24, 2.45) is 5.92 Å². The highest BCUT2D eigenvalue weighted by Gasteiger charge is 2.36. The number of allylic oxidation sites excluding steroid dienone is 1. The molecule has 0 amide bonds. The van der Waals surface area contributed by atoms with Gasteiger partial charge in [-0.25, -0.2) is 0 Å². The molecule has 0 saturated carbocycles. The van der Waals surface area contributed by atoms with Crippen LogP contribution in [-0.4, -0.2) is 36.3 Å². The molecule has 0 aromatic rings. The zero-order valence-electron chi connectivity index (χ0n) is 11.1. The molecular weight excluding hydrogens is 220 g/mol. The van der Waals surface area contributed by atoms with Crippen LogP contribution in [-0.2, 0) is 14.2 Å². The van der Waals surface area contributed by atoms with Gasteiger partial charge in [-0.15, -0.1) is 0 Å². The van der Waals surface area contributed by atoms with Crippen LogP contribution in [0.4, 0.5) is 0 Å². The van der Waals surface area contributed by atoms with E-state index in [4.69, 9.17) is 14.2 Å². The summed E-state index contributed by atoms with van der Waals surface area (Å²) in [5.41, 5.74) is 0. The second-order valence-corrected chi connectivity index (χ2v) is 6.41. The molecule has 1 rings (SSSR count). The smallest absolute Gasteiger partial charge is 0.161 e. The number of ether oxygens (including phenoxy) is 3. The Hall–Kier alpha value is -0.483. The first-order valence-electron chi connectivity index (χ1n) is 6.01. The monoisotopic (exact) mass is 244 g/mol. The summed E-state index contributed by atoms with van der Waals surface area (Å²) in [5.74, 6) is 2.17. The van der Waals surface area contributed by atoms with Gasteiger partial charge in [0.25, 0.3) is 0 Å². The molecule has 1 unspecified atom stereocenters. The Labute approximate surface area is 102 Å². The molecule has 0 N–H and O–H groups in total. The molecule has 1 heterocycles. The van der Waals surface area contributed by atoms with Gasteiger partial charge in [-0.2, -0.15) is 0 Å². The lowest BCUT2D eigenvalue weighted by molar-refractivity contribution is -0.0308. The van der Waals surface area contributed by atoms with E-state index in [9.17, 15) is 0 Å². The van der Waals surface area contributed by atoms with Gasteiger partial charge in [-0.05, 0) is 19.3 Å². The fourth-order valence-corrected chi connectivity index (χ4v) is 3.29. The van der Waals surface area contributed by atoms with Gasteiger partial charge in [0.1, 0.15) is 11.0 Å². The van der Waals surface area contributed by atoms with Crippen molar-refractivity contribution in [1.29, 1.82) is 0 Å². The van der Waals surface area contributed by atoms with E-state index in [2.05, 4.69) is 13.8 Å². The summed E-state index contributed by atoms with van der Waals surface area (Å²) < 4.78 is 17.0. The van der Waals surface area contributed by atoms with Crippen molar-refractivity contribution in [3.05, 3.63) is 11.5 Å². The van der Waals surface area contributed by atoms with Gasteiger partial charge in [0.15, 0.2) is 5.76 Å². The van der Waals surface area contributed by atoms with Crippen LogP contribution in [0, 0.1) is 5.92 Å². The molecule has 1 fully saturated rings. The van der Waals surface area contributed by atoms with Crippen LogP contribution < -0.4 is 0 Å². The van der Waals surface area contributed by atoms with Crippen LogP contribution in [0.3, 0.4) is 0 Å². The maximum absolute atomic E-state index is 5.95. The second-order valence-electron chi connectivity index (χ2n) is 4.79. The van der Waals surface area contributed by atoms with Crippen molar-refractivity contribution < 1.29 is 14.2 Å². The van der Waals surface area contributed by atoms with Gasteiger partial charge >= 0.3 is 0 Å². The number of hydrogen-bond donors (Lipinski definition) is 0. The summed E-state index contributed by atoms with van der Waals surface area (Å²) >= 11 is 0. The molecule has 0 radical (unpaired) electrons. The fourth-order valence-electron chi connectivity index (χ4n) is 2.28. The first-order chi connectivity index (χ1) is 7.55. The standard InChI is InChI=1S/C12H24O3Si/c1-9(2)10(13-3)11(14-4)12(16)7-5-6-8-15-12/h9H,5-8H2,1-4,16H3. The van der Waals surface area contributed by atoms with Crippen molar-refractivity contribution in [2.75, 3.05) is 20.8 Å². The summed E-state index contributed by atoms with van der Waals surface area (Å²) in [6.07, 6.45) is 3.43. The van der Waals surface area contributed by atoms with Crippen LogP contribution in [0.2, 0.25) is 0 Å². The largest absolute Gasteiger partial charge is 0.497 e. The van der Waals surface area contributed by atoms with Gasteiger partial charge in [-0.3, -0.25) is 0 Å². The summed E-state index contributed by atoms with van der Waals surface area (Å²) in [7, 11) is 4.36. The molecular formula is C12H24O3Si. The Balaban J connectivity index is 3.02. The zero-order chi connectivity index (χ0) is 12.2. The number of rotatable bonds is 4. The fraction of sp³-hybridized carbons (Fsp3) is 0.833. The Morgan fingerprint density at radius 3 is 2.31 bits per heavy atom. The minimum Gasteiger partial charge on any atom is -0.497 e. The minimum absolute atomic E-state index is 0.178. The lowest BCUT2D eigenvalue weighted by Crippen LogP contribution is -2.40. The van der Waals surface area contributed by atoms with Crippen molar-refractivity contribution in [3.8, 4) is 0 Å². The third-order valence-electron chi connectivity index (χ3n) is 3.12. The molecule has 0 bridgehead atoms. The molecule has 4 heteroatoms. The lowest BCUT2D eigenvalue weighted by Gasteiger charge is -2.36. The number of methoxy groups -OCH3 is 2. The van der Waals surface area contributed by atoms with E-state index in [0.717, 1.165) is 41.2 Å². The maximum atomic E-state index is 5.95. The van der Waals surface area contributed by atoms with Gasteiger partial charge in [0, 0.05) is 12.5 Å². The van der Waals surface area contributed by atoms with Crippen molar-refractivity contribution in [1.82, 2.24) is 0 Å². The molecule has 0 aromatic heterocycles. The second kappa shape index (κ2) is 5.73. The molecule has 0 aromatic carbocycles. The van der Waals surface area contributed by atoms with Gasteiger partial charge < -0.3 is 14.2 Å². The Bertz CT molecular complexity index is 255. The van der Waals surface area contributed by atoms with Crippen LogP contribution in [0.25, 0.3) is 0 Å². The summed E-state index contributed by atoms with van der Waals surface area (Å²) in [6, 6.07) is 0. The quantitative estimate of drug-likeness (QED) is 0.553. The molecule has 94 valence electrons. The predicted octanol–water partition coefficient (Wildman–Crippen LogP) is 1.41. The Morgan fingerprint density at radius 2 is 1.94 bits per heavy atom. The molecule has 1 aliphatic rings. The van der Waals surface area contributed by atoms with E-state index in [1.807, 2.05) is 0 Å². The van der Waals surface area contributed by atoms with Crippen molar-refractivity contribution in [3.63, 3.8) is 0 Å². The zero-order valence-corrected chi connectivity index (χ0v) is 13.1.